The Morgan fingerprint density at radius 2 is 2.18 bits per heavy atom. The highest BCUT2D eigenvalue weighted by molar-refractivity contribution is 5.32. The van der Waals surface area contributed by atoms with E-state index in [1.807, 2.05) is 6.92 Å². The van der Waals surface area contributed by atoms with Gasteiger partial charge in [0.05, 0.1) is 5.69 Å². The maximum Gasteiger partial charge on any atom is 0.112 e. The first-order valence-electron chi connectivity index (χ1n) is 3.68. The summed E-state index contributed by atoms with van der Waals surface area (Å²) in [4.78, 5) is 7.31. The molecule has 1 N–H and O–H groups in total. The van der Waals surface area contributed by atoms with Crippen molar-refractivity contribution in [1.82, 2.24) is 9.97 Å². The summed E-state index contributed by atoms with van der Waals surface area (Å²) in [5, 5.41) is 0. The zero-order chi connectivity index (χ0) is 8.43. The van der Waals surface area contributed by atoms with Crippen LogP contribution in [0.5, 0.6) is 0 Å². The zero-order valence-electron chi connectivity index (χ0n) is 7.10. The van der Waals surface area contributed by atoms with Crippen LogP contribution in [0.2, 0.25) is 0 Å². The van der Waals surface area contributed by atoms with E-state index in [2.05, 4.69) is 29.7 Å². The van der Waals surface area contributed by atoms with Crippen LogP contribution < -0.4 is 0 Å². The van der Waals surface area contributed by atoms with Crippen molar-refractivity contribution in [3.8, 4) is 12.3 Å². The maximum absolute atomic E-state index is 5.28. The Morgan fingerprint density at radius 3 is 2.55 bits per heavy atom. The molecule has 0 spiro atoms. The SMILES string of the molecule is C#Cc1[nH]c(C)nc1C(C)C. The average Bonchev–Trinajstić information content (AvgIpc) is 2.30. The molecule has 0 unspecified atom stereocenters. The zero-order valence-corrected chi connectivity index (χ0v) is 7.10. The van der Waals surface area contributed by atoms with Gasteiger partial charge in [-0.3, -0.25) is 0 Å². The maximum atomic E-state index is 5.28. The molecule has 0 fully saturated rings. The van der Waals surface area contributed by atoms with Gasteiger partial charge >= 0.3 is 0 Å². The summed E-state index contributed by atoms with van der Waals surface area (Å²) < 4.78 is 0. The highest BCUT2D eigenvalue weighted by atomic mass is 14.9. The Kier molecular flexibility index (Phi) is 2.00. The highest BCUT2D eigenvalue weighted by Gasteiger charge is 2.08. The molecule has 0 aliphatic rings. The van der Waals surface area contributed by atoms with Crippen molar-refractivity contribution in [2.75, 3.05) is 0 Å². The van der Waals surface area contributed by atoms with Gasteiger partial charge in [0, 0.05) is 0 Å². The number of rotatable bonds is 1. The summed E-state index contributed by atoms with van der Waals surface area (Å²) >= 11 is 0. The molecule has 0 atom stereocenters. The minimum absolute atomic E-state index is 0.394. The summed E-state index contributed by atoms with van der Waals surface area (Å²) in [6.07, 6.45) is 5.28. The van der Waals surface area contributed by atoms with Crippen LogP contribution in [-0.4, -0.2) is 9.97 Å². The van der Waals surface area contributed by atoms with Crippen LogP contribution >= 0.6 is 0 Å². The number of hydrogen-bond donors (Lipinski definition) is 1. The van der Waals surface area contributed by atoms with Crippen LogP contribution in [0.1, 0.15) is 37.0 Å². The Labute approximate surface area is 67.0 Å². The van der Waals surface area contributed by atoms with Crippen molar-refractivity contribution in [2.24, 2.45) is 0 Å². The van der Waals surface area contributed by atoms with E-state index >= 15 is 0 Å². The van der Waals surface area contributed by atoms with E-state index in [1.165, 1.54) is 0 Å². The Bertz CT molecular complexity index is 289. The quantitative estimate of drug-likeness (QED) is 0.605. The van der Waals surface area contributed by atoms with Gasteiger partial charge < -0.3 is 4.98 Å². The van der Waals surface area contributed by atoms with E-state index < -0.39 is 0 Å². The standard InChI is InChI=1S/C9H12N2/c1-5-8-9(6(2)3)11-7(4)10-8/h1,6H,2-4H3,(H,10,11). The van der Waals surface area contributed by atoms with E-state index in [4.69, 9.17) is 6.42 Å². The lowest BCUT2D eigenvalue weighted by molar-refractivity contribution is 0.826. The number of terminal acetylenes is 1. The van der Waals surface area contributed by atoms with Crippen LogP contribution in [0.4, 0.5) is 0 Å². The molecule has 2 heteroatoms. The smallest absolute Gasteiger partial charge is 0.112 e. The molecule has 0 amide bonds. The molecule has 1 heterocycles. The number of imidazole rings is 1. The van der Waals surface area contributed by atoms with Crippen molar-refractivity contribution in [3.05, 3.63) is 17.2 Å². The normalized spacial score (nSPS) is 10.1. The van der Waals surface area contributed by atoms with Crippen molar-refractivity contribution in [2.45, 2.75) is 26.7 Å². The van der Waals surface area contributed by atoms with E-state index in [-0.39, 0.29) is 0 Å². The fourth-order valence-electron chi connectivity index (χ4n) is 1.04. The van der Waals surface area contributed by atoms with Gasteiger partial charge in [-0.15, -0.1) is 6.42 Å². The predicted molar refractivity (Wildman–Crippen MR) is 45.3 cm³/mol. The Hall–Kier alpha value is -1.23. The summed E-state index contributed by atoms with van der Waals surface area (Å²) in [5.74, 6) is 3.86. The Balaban J connectivity index is 3.15. The number of aromatic nitrogens is 2. The first kappa shape index (κ1) is 7.87. The van der Waals surface area contributed by atoms with Crippen molar-refractivity contribution < 1.29 is 0 Å². The molecule has 0 saturated heterocycles. The van der Waals surface area contributed by atoms with Crippen LogP contribution in [0, 0.1) is 19.3 Å². The number of aryl methyl sites for hydroxylation is 1. The van der Waals surface area contributed by atoms with Crippen molar-refractivity contribution in [3.63, 3.8) is 0 Å². The summed E-state index contributed by atoms with van der Waals surface area (Å²) in [5.41, 5.74) is 1.81. The second-order valence-electron chi connectivity index (χ2n) is 2.88. The third kappa shape index (κ3) is 1.43. The number of aromatic amines is 1. The third-order valence-electron chi connectivity index (χ3n) is 1.54. The van der Waals surface area contributed by atoms with Crippen LogP contribution in [0.25, 0.3) is 0 Å². The van der Waals surface area contributed by atoms with Gasteiger partial charge in [0.15, 0.2) is 0 Å². The van der Waals surface area contributed by atoms with E-state index in [9.17, 15) is 0 Å². The van der Waals surface area contributed by atoms with Crippen molar-refractivity contribution >= 4 is 0 Å². The molecule has 0 aliphatic heterocycles. The van der Waals surface area contributed by atoms with Gasteiger partial charge in [0.1, 0.15) is 11.5 Å². The van der Waals surface area contributed by atoms with E-state index in [0.29, 0.717) is 5.92 Å². The molecule has 1 aromatic heterocycles. The minimum Gasteiger partial charge on any atom is -0.336 e. The second kappa shape index (κ2) is 2.79. The number of nitrogens with one attached hydrogen (secondary N) is 1. The predicted octanol–water partition coefficient (Wildman–Crippen LogP) is 1.82. The molecule has 1 aromatic rings. The monoisotopic (exact) mass is 148 g/mol. The highest BCUT2D eigenvalue weighted by Crippen LogP contribution is 2.15. The number of H-pyrrole nitrogens is 1. The minimum atomic E-state index is 0.394. The lowest BCUT2D eigenvalue weighted by Gasteiger charge is -1.98. The lowest BCUT2D eigenvalue weighted by Crippen LogP contribution is -1.90. The van der Waals surface area contributed by atoms with E-state index in [1.54, 1.807) is 0 Å². The molecule has 1 rings (SSSR count). The van der Waals surface area contributed by atoms with Crippen LogP contribution in [0.3, 0.4) is 0 Å². The third-order valence-corrected chi connectivity index (χ3v) is 1.54. The number of hydrogen-bond acceptors (Lipinski definition) is 1. The summed E-state index contributed by atoms with van der Waals surface area (Å²) in [7, 11) is 0. The number of nitrogens with zero attached hydrogens (tertiary/aromatic N) is 1. The van der Waals surface area contributed by atoms with Gasteiger partial charge in [-0.05, 0) is 12.8 Å². The average molecular weight is 148 g/mol. The van der Waals surface area contributed by atoms with Crippen LogP contribution in [0.15, 0.2) is 0 Å². The summed E-state index contributed by atoms with van der Waals surface area (Å²) in [6, 6.07) is 0. The van der Waals surface area contributed by atoms with Gasteiger partial charge in [0.25, 0.3) is 0 Å². The van der Waals surface area contributed by atoms with Gasteiger partial charge in [0.2, 0.25) is 0 Å². The van der Waals surface area contributed by atoms with Gasteiger partial charge in [-0.2, -0.15) is 0 Å². The van der Waals surface area contributed by atoms with Crippen LogP contribution in [-0.2, 0) is 0 Å². The first-order valence-corrected chi connectivity index (χ1v) is 3.68. The Morgan fingerprint density at radius 1 is 1.55 bits per heavy atom. The first-order chi connectivity index (χ1) is 5.15. The molecule has 0 radical (unpaired) electrons. The molecule has 2 nitrogen and oxygen atoms in total. The fraction of sp³-hybridized carbons (Fsp3) is 0.444. The van der Waals surface area contributed by atoms with Gasteiger partial charge in [-0.1, -0.05) is 19.8 Å². The molecule has 0 saturated carbocycles. The molecule has 0 aliphatic carbocycles. The molecule has 11 heavy (non-hydrogen) atoms. The largest absolute Gasteiger partial charge is 0.336 e. The van der Waals surface area contributed by atoms with Gasteiger partial charge in [-0.25, -0.2) is 4.98 Å². The molecular formula is C9H12N2. The summed E-state index contributed by atoms with van der Waals surface area (Å²) in [6.45, 7) is 6.07. The second-order valence-corrected chi connectivity index (χ2v) is 2.88. The molecule has 0 aromatic carbocycles. The lowest BCUT2D eigenvalue weighted by atomic mass is 10.1. The van der Waals surface area contributed by atoms with E-state index in [0.717, 1.165) is 17.2 Å². The topological polar surface area (TPSA) is 28.7 Å². The molecule has 58 valence electrons. The molecular weight excluding hydrogens is 136 g/mol. The molecule has 0 bridgehead atoms. The fourth-order valence-corrected chi connectivity index (χ4v) is 1.04. The van der Waals surface area contributed by atoms with Crippen molar-refractivity contribution in [1.29, 1.82) is 0 Å².